The molecule has 0 heterocycles. The van der Waals surface area contributed by atoms with Crippen LogP contribution in [0.15, 0.2) is 29.3 Å². The van der Waals surface area contributed by atoms with Crippen LogP contribution in [-0.2, 0) is 6.54 Å². The minimum atomic E-state index is -0.0247. The Labute approximate surface area is 139 Å². The topological polar surface area (TPSA) is 79.5 Å². The van der Waals surface area contributed by atoms with Crippen molar-refractivity contribution in [3.8, 4) is 0 Å². The molecule has 5 nitrogen and oxygen atoms in total. The molecule has 0 aliphatic rings. The largest absolute Gasteiger partial charge is 0.370 e. The summed E-state index contributed by atoms with van der Waals surface area (Å²) in [5, 5.41) is 6.01. The van der Waals surface area contributed by atoms with Crippen LogP contribution in [0.2, 0.25) is 0 Å². The van der Waals surface area contributed by atoms with Crippen LogP contribution in [0.5, 0.6) is 0 Å². The number of hydrogen-bond donors (Lipinski definition) is 3. The molecule has 0 aliphatic carbocycles. The molecule has 0 saturated heterocycles. The van der Waals surface area contributed by atoms with Gasteiger partial charge in [-0.2, -0.15) is 0 Å². The van der Waals surface area contributed by atoms with E-state index in [1.165, 1.54) is 0 Å². The average Bonchev–Trinajstić information content (AvgIpc) is 2.53. The minimum absolute atomic E-state index is 0.0247. The van der Waals surface area contributed by atoms with Crippen LogP contribution < -0.4 is 16.4 Å². The molecule has 0 fully saturated rings. The number of carbonyl (C=O) groups is 1. The van der Waals surface area contributed by atoms with Gasteiger partial charge in [0.2, 0.25) is 0 Å². The zero-order valence-electron chi connectivity index (χ0n) is 14.6. The molecule has 0 unspecified atom stereocenters. The van der Waals surface area contributed by atoms with Crippen LogP contribution in [0.25, 0.3) is 0 Å². The highest BCUT2D eigenvalue weighted by Crippen LogP contribution is 2.06. The molecule has 0 aromatic heterocycles. The molecule has 0 bridgehead atoms. The molecule has 4 N–H and O–H groups in total. The monoisotopic (exact) mass is 318 g/mol. The molecule has 1 rings (SSSR count). The van der Waals surface area contributed by atoms with E-state index in [9.17, 15) is 4.79 Å². The van der Waals surface area contributed by atoms with Gasteiger partial charge in [0.05, 0.1) is 6.54 Å². The Morgan fingerprint density at radius 1 is 1.17 bits per heavy atom. The maximum absolute atomic E-state index is 11.9. The third-order valence-electron chi connectivity index (χ3n) is 3.49. The van der Waals surface area contributed by atoms with Gasteiger partial charge in [-0.05, 0) is 36.5 Å². The van der Waals surface area contributed by atoms with Gasteiger partial charge in [0, 0.05) is 18.7 Å². The van der Waals surface area contributed by atoms with Crippen molar-refractivity contribution in [2.24, 2.45) is 16.6 Å². The maximum atomic E-state index is 11.9. The van der Waals surface area contributed by atoms with Crippen LogP contribution in [-0.4, -0.2) is 25.0 Å². The van der Waals surface area contributed by atoms with E-state index in [4.69, 9.17) is 5.73 Å². The highest BCUT2D eigenvalue weighted by atomic mass is 16.1. The molecule has 0 spiro atoms. The summed E-state index contributed by atoms with van der Waals surface area (Å²) in [7, 11) is 0. The molecule has 1 amide bonds. The van der Waals surface area contributed by atoms with Crippen molar-refractivity contribution in [1.82, 2.24) is 10.6 Å². The summed E-state index contributed by atoms with van der Waals surface area (Å²) in [4.78, 5) is 16.2. The third kappa shape index (κ3) is 8.24. The number of hydrogen-bond acceptors (Lipinski definition) is 2. The molecule has 1 aromatic carbocycles. The lowest BCUT2D eigenvalue weighted by molar-refractivity contribution is 0.0953. The molecule has 0 aliphatic heterocycles. The first-order valence-corrected chi connectivity index (χ1v) is 8.43. The number of nitrogens with one attached hydrogen (secondary N) is 2. The molecule has 0 radical (unpaired) electrons. The van der Waals surface area contributed by atoms with Gasteiger partial charge >= 0.3 is 0 Å². The Balaban J connectivity index is 2.42. The van der Waals surface area contributed by atoms with Crippen LogP contribution >= 0.6 is 0 Å². The van der Waals surface area contributed by atoms with Crippen molar-refractivity contribution in [3.05, 3.63) is 35.4 Å². The fourth-order valence-electron chi connectivity index (χ4n) is 1.96. The lowest BCUT2D eigenvalue weighted by Gasteiger charge is -2.08. The fourth-order valence-corrected chi connectivity index (χ4v) is 1.96. The second kappa shape index (κ2) is 10.6. The summed E-state index contributed by atoms with van der Waals surface area (Å²) in [6.07, 6.45) is 3.14. The van der Waals surface area contributed by atoms with E-state index in [0.29, 0.717) is 24.0 Å². The Bertz CT molecular complexity index is 494. The summed E-state index contributed by atoms with van der Waals surface area (Å²) >= 11 is 0. The Morgan fingerprint density at radius 3 is 2.48 bits per heavy atom. The van der Waals surface area contributed by atoms with Gasteiger partial charge in [-0.25, -0.2) is 4.99 Å². The predicted molar refractivity (Wildman–Crippen MR) is 96.5 cm³/mol. The smallest absolute Gasteiger partial charge is 0.251 e. The van der Waals surface area contributed by atoms with E-state index in [1.807, 2.05) is 24.3 Å². The highest BCUT2D eigenvalue weighted by molar-refractivity contribution is 5.94. The van der Waals surface area contributed by atoms with E-state index < -0.39 is 0 Å². The number of carbonyl (C=O) groups excluding carboxylic acids is 1. The molecule has 1 aromatic rings. The van der Waals surface area contributed by atoms with Crippen molar-refractivity contribution >= 4 is 11.9 Å². The first kappa shape index (κ1) is 19.0. The van der Waals surface area contributed by atoms with Gasteiger partial charge in [0.1, 0.15) is 0 Å². The molecular formula is C18H30N4O. The Morgan fingerprint density at radius 2 is 1.87 bits per heavy atom. The van der Waals surface area contributed by atoms with E-state index in [-0.39, 0.29) is 5.91 Å². The Kier molecular flexibility index (Phi) is 8.80. The number of benzene rings is 1. The second-order valence-electron chi connectivity index (χ2n) is 6.12. The van der Waals surface area contributed by atoms with Crippen LogP contribution in [0.3, 0.4) is 0 Å². The number of unbranched alkanes of at least 4 members (excludes halogenated alkanes) is 1. The van der Waals surface area contributed by atoms with E-state index >= 15 is 0 Å². The first-order chi connectivity index (χ1) is 11.0. The highest BCUT2D eigenvalue weighted by Gasteiger charge is 2.04. The van der Waals surface area contributed by atoms with Crippen molar-refractivity contribution in [1.29, 1.82) is 0 Å². The number of nitrogens with two attached hydrogens (primary N) is 1. The zero-order chi connectivity index (χ0) is 17.1. The summed E-state index contributed by atoms with van der Waals surface area (Å²) < 4.78 is 0. The van der Waals surface area contributed by atoms with E-state index in [1.54, 1.807) is 0 Å². The molecule has 0 saturated carbocycles. The minimum Gasteiger partial charge on any atom is -0.370 e. The van der Waals surface area contributed by atoms with Gasteiger partial charge in [-0.3, -0.25) is 4.79 Å². The number of rotatable bonds is 9. The van der Waals surface area contributed by atoms with Gasteiger partial charge in [-0.1, -0.05) is 39.3 Å². The van der Waals surface area contributed by atoms with E-state index in [2.05, 4.69) is 36.4 Å². The van der Waals surface area contributed by atoms with Crippen LogP contribution in [0.4, 0.5) is 0 Å². The number of guanidine groups is 1. The number of nitrogens with zero attached hydrogens (tertiary/aromatic N) is 1. The standard InChI is InChI=1S/C18H30N4O/c1-4-5-11-20-17(23)16-8-6-15(7-9-16)13-22-18(19)21-12-10-14(2)3/h6-9,14H,4-5,10-13H2,1-3H3,(H,20,23)(H3,19,21,22). The molecule has 5 heteroatoms. The van der Waals surface area contributed by atoms with Crippen molar-refractivity contribution < 1.29 is 4.79 Å². The molecular weight excluding hydrogens is 288 g/mol. The summed E-state index contributed by atoms with van der Waals surface area (Å²) in [6, 6.07) is 7.49. The average molecular weight is 318 g/mol. The Hall–Kier alpha value is -2.04. The van der Waals surface area contributed by atoms with Gasteiger partial charge < -0.3 is 16.4 Å². The van der Waals surface area contributed by atoms with Gasteiger partial charge in [0.15, 0.2) is 5.96 Å². The zero-order valence-corrected chi connectivity index (χ0v) is 14.6. The lowest BCUT2D eigenvalue weighted by atomic mass is 10.1. The van der Waals surface area contributed by atoms with Crippen molar-refractivity contribution in [2.75, 3.05) is 13.1 Å². The maximum Gasteiger partial charge on any atom is 0.251 e. The number of aliphatic imine (C=N–C) groups is 1. The number of amides is 1. The third-order valence-corrected chi connectivity index (χ3v) is 3.49. The van der Waals surface area contributed by atoms with Crippen molar-refractivity contribution in [3.63, 3.8) is 0 Å². The van der Waals surface area contributed by atoms with Gasteiger partial charge in [-0.15, -0.1) is 0 Å². The molecule has 128 valence electrons. The fraction of sp³-hybridized carbons (Fsp3) is 0.556. The quantitative estimate of drug-likeness (QED) is 0.372. The summed E-state index contributed by atoms with van der Waals surface area (Å²) in [5.74, 6) is 1.08. The predicted octanol–water partition coefficient (Wildman–Crippen LogP) is 2.67. The van der Waals surface area contributed by atoms with E-state index in [0.717, 1.165) is 37.9 Å². The SMILES string of the molecule is CCCCNC(=O)c1ccc(CN=C(N)NCCC(C)C)cc1. The molecule has 0 atom stereocenters. The van der Waals surface area contributed by atoms with Crippen LogP contribution in [0, 0.1) is 5.92 Å². The second-order valence-corrected chi connectivity index (χ2v) is 6.12. The normalized spacial score (nSPS) is 11.6. The lowest BCUT2D eigenvalue weighted by Crippen LogP contribution is -2.32. The van der Waals surface area contributed by atoms with Crippen LogP contribution in [0.1, 0.15) is 56.0 Å². The first-order valence-electron chi connectivity index (χ1n) is 8.43. The summed E-state index contributed by atoms with van der Waals surface area (Å²) in [5.41, 5.74) is 7.54. The van der Waals surface area contributed by atoms with Crippen molar-refractivity contribution in [2.45, 2.75) is 46.6 Å². The van der Waals surface area contributed by atoms with Gasteiger partial charge in [0.25, 0.3) is 5.91 Å². The summed E-state index contributed by atoms with van der Waals surface area (Å²) in [6.45, 7) is 8.52. The molecule has 23 heavy (non-hydrogen) atoms.